The normalized spacial score (nSPS) is 24.9. The monoisotopic (exact) mass is 192 g/mol. The molecule has 0 saturated heterocycles. The van der Waals surface area contributed by atoms with Gasteiger partial charge in [0.2, 0.25) is 0 Å². The molecule has 5 heteroatoms. The van der Waals surface area contributed by atoms with Crippen molar-refractivity contribution < 1.29 is 0 Å². The molecule has 1 aromatic carbocycles. The molecule has 0 aromatic heterocycles. The van der Waals surface area contributed by atoms with Crippen LogP contribution in [0.1, 0.15) is 6.92 Å². The van der Waals surface area contributed by atoms with Crippen molar-refractivity contribution in [1.29, 1.82) is 0 Å². The molecule has 0 radical (unpaired) electrons. The number of quaternary nitrogens is 1. The van der Waals surface area contributed by atoms with E-state index in [1.807, 2.05) is 18.2 Å². The molecular formula is C9H12N4O. The zero-order valence-electron chi connectivity index (χ0n) is 7.90. The maximum Gasteiger partial charge on any atom is 0.253 e. The number of anilines is 1. The van der Waals surface area contributed by atoms with Crippen LogP contribution in [0.25, 0.3) is 0 Å². The predicted octanol–water partition coefficient (Wildman–Crippen LogP) is 1.17. The zero-order valence-corrected chi connectivity index (χ0v) is 7.90. The van der Waals surface area contributed by atoms with E-state index < -0.39 is 4.76 Å². The van der Waals surface area contributed by atoms with Crippen molar-refractivity contribution in [3.8, 4) is 0 Å². The SMILES string of the molecule is CC[N+]1([O-])N=C(N)Nc2ccccc21. The van der Waals surface area contributed by atoms with E-state index in [-0.39, 0.29) is 5.96 Å². The fourth-order valence-electron chi connectivity index (χ4n) is 1.52. The molecule has 2 rings (SSSR count). The number of benzene rings is 1. The minimum Gasteiger partial charge on any atom is -0.599 e. The number of nitrogens with one attached hydrogen (secondary N) is 1. The van der Waals surface area contributed by atoms with Crippen LogP contribution < -0.4 is 15.8 Å². The van der Waals surface area contributed by atoms with Crippen LogP contribution in [-0.2, 0) is 0 Å². The highest BCUT2D eigenvalue weighted by molar-refractivity contribution is 5.98. The molecule has 1 aliphatic rings. The van der Waals surface area contributed by atoms with Crippen LogP contribution in [0.2, 0.25) is 0 Å². The van der Waals surface area contributed by atoms with Gasteiger partial charge < -0.3 is 16.3 Å². The lowest BCUT2D eigenvalue weighted by molar-refractivity contribution is 0.409. The van der Waals surface area contributed by atoms with Crippen molar-refractivity contribution in [2.24, 2.45) is 10.8 Å². The number of hydroxylamine groups is 1. The smallest absolute Gasteiger partial charge is 0.253 e. The highest BCUT2D eigenvalue weighted by atomic mass is 16.6. The molecule has 1 heterocycles. The minimum absolute atomic E-state index is 0.167. The van der Waals surface area contributed by atoms with Crippen molar-refractivity contribution in [3.05, 3.63) is 29.5 Å². The van der Waals surface area contributed by atoms with E-state index in [0.29, 0.717) is 12.2 Å². The Morgan fingerprint density at radius 1 is 1.50 bits per heavy atom. The van der Waals surface area contributed by atoms with Crippen LogP contribution in [-0.4, -0.2) is 12.5 Å². The predicted molar refractivity (Wildman–Crippen MR) is 57.4 cm³/mol. The second kappa shape index (κ2) is 2.97. The van der Waals surface area contributed by atoms with Crippen LogP contribution in [0.3, 0.4) is 0 Å². The molecule has 0 spiro atoms. The Kier molecular flexibility index (Phi) is 1.90. The molecule has 5 nitrogen and oxygen atoms in total. The summed E-state index contributed by atoms with van der Waals surface area (Å²) >= 11 is 0. The molecule has 0 aliphatic carbocycles. The first-order valence-corrected chi connectivity index (χ1v) is 4.47. The van der Waals surface area contributed by atoms with Gasteiger partial charge >= 0.3 is 0 Å². The fourth-order valence-corrected chi connectivity index (χ4v) is 1.52. The summed E-state index contributed by atoms with van der Waals surface area (Å²) < 4.78 is -0.741. The van der Waals surface area contributed by atoms with Crippen LogP contribution in [0.5, 0.6) is 0 Å². The fraction of sp³-hybridized carbons (Fsp3) is 0.222. The number of hydrogen-bond donors (Lipinski definition) is 2. The van der Waals surface area contributed by atoms with E-state index in [0.717, 1.165) is 5.69 Å². The summed E-state index contributed by atoms with van der Waals surface area (Å²) in [5, 5.41) is 18.9. The number of para-hydroxylation sites is 2. The Balaban J connectivity index is 2.57. The van der Waals surface area contributed by atoms with Gasteiger partial charge in [0.25, 0.3) is 5.96 Å². The molecule has 1 atom stereocenters. The summed E-state index contributed by atoms with van der Waals surface area (Å²) in [6.45, 7) is 2.12. The summed E-state index contributed by atoms with van der Waals surface area (Å²) in [7, 11) is 0. The van der Waals surface area contributed by atoms with Gasteiger partial charge in [0.05, 0.1) is 0 Å². The number of rotatable bonds is 1. The molecule has 1 unspecified atom stereocenters. The Morgan fingerprint density at radius 3 is 2.93 bits per heavy atom. The maximum absolute atomic E-state index is 12.2. The van der Waals surface area contributed by atoms with Gasteiger partial charge in [-0.15, -0.1) is 0 Å². The van der Waals surface area contributed by atoms with Crippen LogP contribution in [0.15, 0.2) is 29.4 Å². The standard InChI is InChI=1S/C9H12N4O/c1-2-13(14)8-6-4-3-5-7(8)11-9(10)12-13/h3-6H,2H2,1H3,(H3,10,11,12). The van der Waals surface area contributed by atoms with Crippen LogP contribution in [0, 0.1) is 5.21 Å². The second-order valence-electron chi connectivity index (χ2n) is 3.15. The van der Waals surface area contributed by atoms with Crippen LogP contribution in [0.4, 0.5) is 11.4 Å². The lowest BCUT2D eigenvalue weighted by Crippen LogP contribution is -2.45. The Bertz CT molecular complexity index is 390. The van der Waals surface area contributed by atoms with Crippen molar-refractivity contribution in [3.63, 3.8) is 0 Å². The third-order valence-corrected chi connectivity index (χ3v) is 2.24. The first kappa shape index (κ1) is 8.98. The highest BCUT2D eigenvalue weighted by Gasteiger charge is 2.27. The van der Waals surface area contributed by atoms with E-state index in [4.69, 9.17) is 5.73 Å². The van der Waals surface area contributed by atoms with Gasteiger partial charge in [-0.1, -0.05) is 12.1 Å². The Labute approximate surface area is 82.0 Å². The van der Waals surface area contributed by atoms with Gasteiger partial charge in [0.1, 0.15) is 12.2 Å². The third kappa shape index (κ3) is 1.23. The maximum atomic E-state index is 12.2. The molecule has 0 saturated carbocycles. The van der Waals surface area contributed by atoms with Gasteiger partial charge in [-0.05, 0) is 18.1 Å². The third-order valence-electron chi connectivity index (χ3n) is 2.24. The van der Waals surface area contributed by atoms with Crippen molar-refractivity contribution in [1.82, 2.24) is 4.76 Å². The van der Waals surface area contributed by atoms with E-state index in [2.05, 4.69) is 10.4 Å². The highest BCUT2D eigenvalue weighted by Crippen LogP contribution is 2.33. The summed E-state index contributed by atoms with van der Waals surface area (Å²) in [6.07, 6.45) is 0. The van der Waals surface area contributed by atoms with Crippen molar-refractivity contribution in [2.75, 3.05) is 11.9 Å². The number of hydrogen-bond acceptors (Lipinski definition) is 4. The van der Waals surface area contributed by atoms with Gasteiger partial charge in [0, 0.05) is 6.07 Å². The quantitative estimate of drug-likeness (QED) is 0.518. The average Bonchev–Trinajstić information content (AvgIpc) is 2.17. The first-order valence-electron chi connectivity index (χ1n) is 4.47. The topological polar surface area (TPSA) is 73.5 Å². The van der Waals surface area contributed by atoms with Gasteiger partial charge in [-0.25, -0.2) is 0 Å². The largest absolute Gasteiger partial charge is 0.599 e. The van der Waals surface area contributed by atoms with Crippen molar-refractivity contribution >= 4 is 17.3 Å². The van der Waals surface area contributed by atoms with Gasteiger partial charge in [0.15, 0.2) is 5.69 Å². The number of fused-ring (bicyclic) bond motifs is 1. The first-order chi connectivity index (χ1) is 6.65. The van der Waals surface area contributed by atoms with Gasteiger partial charge in [-0.2, -0.15) is 4.76 Å². The molecule has 3 N–H and O–H groups in total. The van der Waals surface area contributed by atoms with E-state index in [1.54, 1.807) is 13.0 Å². The number of nitrogens with zero attached hydrogens (tertiary/aromatic N) is 2. The summed E-state index contributed by atoms with van der Waals surface area (Å²) in [6, 6.07) is 7.24. The minimum atomic E-state index is -0.741. The lowest BCUT2D eigenvalue weighted by Gasteiger charge is -2.37. The zero-order chi connectivity index (χ0) is 10.2. The molecule has 0 amide bonds. The average molecular weight is 192 g/mol. The molecule has 1 aromatic rings. The second-order valence-corrected chi connectivity index (χ2v) is 3.15. The Hall–Kier alpha value is -1.59. The van der Waals surface area contributed by atoms with Crippen molar-refractivity contribution in [2.45, 2.75) is 6.92 Å². The number of guanidine groups is 1. The molecule has 0 fully saturated rings. The molecular weight excluding hydrogens is 180 g/mol. The van der Waals surface area contributed by atoms with Gasteiger partial charge in [-0.3, -0.25) is 0 Å². The van der Waals surface area contributed by atoms with Crippen LogP contribution >= 0.6 is 0 Å². The molecule has 14 heavy (non-hydrogen) atoms. The Morgan fingerprint density at radius 2 is 2.21 bits per heavy atom. The lowest BCUT2D eigenvalue weighted by atomic mass is 10.2. The van der Waals surface area contributed by atoms with E-state index in [9.17, 15) is 5.21 Å². The molecule has 0 bridgehead atoms. The van der Waals surface area contributed by atoms with E-state index in [1.165, 1.54) is 0 Å². The summed E-state index contributed by atoms with van der Waals surface area (Å²) in [5.41, 5.74) is 6.86. The molecule has 1 aliphatic heterocycles. The summed E-state index contributed by atoms with van der Waals surface area (Å²) in [5.74, 6) is 0.167. The summed E-state index contributed by atoms with van der Waals surface area (Å²) in [4.78, 5) is 0. The van der Waals surface area contributed by atoms with E-state index >= 15 is 0 Å². The molecule has 74 valence electrons. The number of nitrogens with two attached hydrogens (primary N) is 1.